The van der Waals surface area contributed by atoms with Gasteiger partial charge in [0.1, 0.15) is 5.75 Å². The molecule has 0 radical (unpaired) electrons. The number of benzene rings is 1. The molecule has 0 fully saturated rings. The van der Waals surface area contributed by atoms with E-state index >= 15 is 0 Å². The molecule has 0 aliphatic rings. The van der Waals surface area contributed by atoms with Crippen LogP contribution in [-0.2, 0) is 0 Å². The average molecular weight is 422 g/mol. The van der Waals surface area contributed by atoms with Crippen LogP contribution in [0.5, 0.6) is 5.75 Å². The van der Waals surface area contributed by atoms with Gasteiger partial charge in [0.25, 0.3) is 5.91 Å². The largest absolute Gasteiger partial charge is 0.494 e. The second-order valence-electron chi connectivity index (χ2n) is 7.16. The zero-order valence-electron chi connectivity index (χ0n) is 17.3. The van der Waals surface area contributed by atoms with E-state index in [0.717, 1.165) is 32.9 Å². The minimum Gasteiger partial charge on any atom is -0.494 e. The second-order valence-corrected chi connectivity index (χ2v) is 8.36. The van der Waals surface area contributed by atoms with Crippen molar-refractivity contribution in [3.63, 3.8) is 0 Å². The number of thiazole rings is 1. The Balaban J connectivity index is 1.54. The van der Waals surface area contributed by atoms with Crippen molar-refractivity contribution in [1.82, 2.24) is 19.7 Å². The van der Waals surface area contributed by atoms with Gasteiger partial charge < -0.3 is 4.74 Å². The van der Waals surface area contributed by atoms with Gasteiger partial charge in [-0.15, -0.1) is 11.3 Å². The van der Waals surface area contributed by atoms with E-state index in [0.29, 0.717) is 17.3 Å². The normalized spacial score (nSPS) is 11.2. The third kappa shape index (κ3) is 3.91. The van der Waals surface area contributed by atoms with Gasteiger partial charge in [-0.05, 0) is 58.0 Å². The highest BCUT2D eigenvalue weighted by Gasteiger charge is 2.15. The predicted octanol–water partition coefficient (Wildman–Crippen LogP) is 5.10. The molecule has 30 heavy (non-hydrogen) atoms. The number of aryl methyl sites for hydroxylation is 1. The van der Waals surface area contributed by atoms with E-state index in [1.54, 1.807) is 18.5 Å². The lowest BCUT2D eigenvalue weighted by atomic mass is 10.1. The fourth-order valence-electron chi connectivity index (χ4n) is 3.20. The molecule has 0 saturated heterocycles. The van der Waals surface area contributed by atoms with Gasteiger partial charge >= 0.3 is 0 Å². The van der Waals surface area contributed by atoms with Crippen molar-refractivity contribution in [2.75, 3.05) is 11.9 Å². The van der Waals surface area contributed by atoms with Gasteiger partial charge in [0, 0.05) is 28.1 Å². The van der Waals surface area contributed by atoms with Crippen molar-refractivity contribution >= 4 is 33.4 Å². The van der Waals surface area contributed by atoms with E-state index in [9.17, 15) is 4.79 Å². The zero-order chi connectivity index (χ0) is 21.3. The van der Waals surface area contributed by atoms with E-state index in [1.807, 2.05) is 56.6 Å². The molecule has 1 amide bonds. The molecular weight excluding hydrogens is 398 g/mol. The number of fused-ring (bicyclic) bond motifs is 1. The third-order valence-electron chi connectivity index (χ3n) is 4.64. The van der Waals surface area contributed by atoms with E-state index < -0.39 is 0 Å². The molecule has 8 heteroatoms. The molecule has 1 aromatic carbocycles. The minimum absolute atomic E-state index is 0.203. The van der Waals surface area contributed by atoms with Gasteiger partial charge in [-0.2, -0.15) is 5.10 Å². The topological polar surface area (TPSA) is 81.9 Å². The van der Waals surface area contributed by atoms with Crippen LogP contribution in [0.1, 0.15) is 42.0 Å². The first-order valence-corrected chi connectivity index (χ1v) is 10.6. The molecule has 154 valence electrons. The summed E-state index contributed by atoms with van der Waals surface area (Å²) in [5.74, 6) is 0.583. The van der Waals surface area contributed by atoms with Crippen molar-refractivity contribution in [1.29, 1.82) is 0 Å². The monoisotopic (exact) mass is 421 g/mol. The molecule has 4 rings (SSSR count). The number of hydrogen-bond donors (Lipinski definition) is 1. The number of nitrogens with zero attached hydrogens (tertiary/aromatic N) is 4. The van der Waals surface area contributed by atoms with Crippen LogP contribution in [0.25, 0.3) is 22.3 Å². The summed E-state index contributed by atoms with van der Waals surface area (Å²) in [5.41, 5.74) is 3.08. The van der Waals surface area contributed by atoms with Crippen LogP contribution < -0.4 is 10.1 Å². The van der Waals surface area contributed by atoms with Crippen molar-refractivity contribution in [3.8, 4) is 17.0 Å². The lowest BCUT2D eigenvalue weighted by Gasteiger charge is -2.06. The Kier molecular flexibility index (Phi) is 5.50. The summed E-state index contributed by atoms with van der Waals surface area (Å²) < 4.78 is 7.33. The molecule has 3 aromatic heterocycles. The first-order chi connectivity index (χ1) is 14.5. The SMILES string of the molecule is CCOc1ccc(-c2nc(NC(=O)c3cnc4c(cnn4C(C)C)c3)sc2C)cc1. The van der Waals surface area contributed by atoms with Crippen molar-refractivity contribution in [2.24, 2.45) is 0 Å². The maximum atomic E-state index is 12.7. The molecule has 3 heterocycles. The van der Waals surface area contributed by atoms with Crippen LogP contribution in [-0.4, -0.2) is 32.3 Å². The summed E-state index contributed by atoms with van der Waals surface area (Å²) in [6.07, 6.45) is 3.31. The van der Waals surface area contributed by atoms with Crippen molar-refractivity contribution in [2.45, 2.75) is 33.7 Å². The molecule has 0 atom stereocenters. The van der Waals surface area contributed by atoms with Crippen LogP contribution >= 0.6 is 11.3 Å². The molecule has 0 bridgehead atoms. The first-order valence-electron chi connectivity index (χ1n) is 9.81. The van der Waals surface area contributed by atoms with E-state index in [1.165, 1.54) is 11.3 Å². The van der Waals surface area contributed by atoms with Gasteiger partial charge in [0.2, 0.25) is 0 Å². The second kappa shape index (κ2) is 8.23. The number of hydrogen-bond acceptors (Lipinski definition) is 6. The van der Waals surface area contributed by atoms with Gasteiger partial charge in [-0.25, -0.2) is 14.6 Å². The molecule has 1 N–H and O–H groups in total. The third-order valence-corrected chi connectivity index (χ3v) is 5.53. The fraction of sp³-hybridized carbons (Fsp3) is 0.273. The van der Waals surface area contributed by atoms with E-state index in [-0.39, 0.29) is 11.9 Å². The molecule has 0 aliphatic carbocycles. The number of nitrogens with one attached hydrogen (secondary N) is 1. The van der Waals surface area contributed by atoms with Gasteiger partial charge in [0.05, 0.1) is 24.1 Å². The Morgan fingerprint density at radius 2 is 2.00 bits per heavy atom. The summed E-state index contributed by atoms with van der Waals surface area (Å²) in [4.78, 5) is 22.8. The van der Waals surface area contributed by atoms with Crippen LogP contribution in [0.3, 0.4) is 0 Å². The standard InChI is InChI=1S/C22H23N5O2S/c1-5-29-18-8-6-15(7-9-18)19-14(4)30-22(25-19)26-21(28)17-10-16-12-24-27(13(2)3)20(16)23-11-17/h6-13H,5H2,1-4H3,(H,25,26,28). The molecule has 0 aliphatic heterocycles. The maximum absolute atomic E-state index is 12.7. The molecular formula is C22H23N5O2S. The Bertz CT molecular complexity index is 1190. The van der Waals surface area contributed by atoms with Crippen LogP contribution in [0.4, 0.5) is 5.13 Å². The summed E-state index contributed by atoms with van der Waals surface area (Å²) in [7, 11) is 0. The van der Waals surface area contributed by atoms with Crippen LogP contribution in [0.15, 0.2) is 42.7 Å². The molecule has 0 unspecified atom stereocenters. The number of carbonyl (C=O) groups excluding carboxylic acids is 1. The Labute approximate surface area is 178 Å². The molecule has 4 aromatic rings. The number of pyridine rings is 1. The minimum atomic E-state index is -0.242. The molecule has 7 nitrogen and oxygen atoms in total. The predicted molar refractivity (Wildman–Crippen MR) is 119 cm³/mol. The number of amides is 1. The van der Waals surface area contributed by atoms with Gasteiger partial charge in [-0.1, -0.05) is 0 Å². The zero-order valence-corrected chi connectivity index (χ0v) is 18.2. The summed E-state index contributed by atoms with van der Waals surface area (Å²) >= 11 is 1.45. The van der Waals surface area contributed by atoms with Crippen LogP contribution in [0.2, 0.25) is 0 Å². The Morgan fingerprint density at radius 1 is 1.23 bits per heavy atom. The van der Waals surface area contributed by atoms with E-state index in [4.69, 9.17) is 4.74 Å². The number of ether oxygens (including phenoxy) is 1. The van der Waals surface area contributed by atoms with Gasteiger partial charge in [-0.3, -0.25) is 10.1 Å². The lowest BCUT2D eigenvalue weighted by Crippen LogP contribution is -2.12. The van der Waals surface area contributed by atoms with Crippen molar-refractivity contribution in [3.05, 3.63) is 53.2 Å². The number of rotatable bonds is 6. The smallest absolute Gasteiger partial charge is 0.259 e. The fourth-order valence-corrected chi connectivity index (χ4v) is 4.04. The average Bonchev–Trinajstić information content (AvgIpc) is 3.31. The molecule has 0 saturated carbocycles. The maximum Gasteiger partial charge on any atom is 0.259 e. The summed E-state index contributed by atoms with van der Waals surface area (Å²) in [5, 5.41) is 8.63. The van der Waals surface area contributed by atoms with Crippen LogP contribution in [0, 0.1) is 6.92 Å². The summed E-state index contributed by atoms with van der Waals surface area (Å²) in [6.45, 7) is 8.66. The number of anilines is 1. The van der Waals surface area contributed by atoms with Gasteiger partial charge in [0.15, 0.2) is 10.8 Å². The lowest BCUT2D eigenvalue weighted by molar-refractivity contribution is 0.102. The van der Waals surface area contributed by atoms with Crippen molar-refractivity contribution < 1.29 is 9.53 Å². The highest BCUT2D eigenvalue weighted by Crippen LogP contribution is 2.31. The molecule has 0 spiro atoms. The number of carbonyl (C=O) groups is 1. The first kappa shape index (κ1) is 20.0. The Hall–Kier alpha value is -3.26. The number of aromatic nitrogens is 4. The Morgan fingerprint density at radius 3 is 2.70 bits per heavy atom. The quantitative estimate of drug-likeness (QED) is 0.469. The highest BCUT2D eigenvalue weighted by molar-refractivity contribution is 7.16. The van der Waals surface area contributed by atoms with E-state index in [2.05, 4.69) is 20.4 Å². The summed E-state index contributed by atoms with van der Waals surface area (Å²) in [6, 6.07) is 9.81. The highest BCUT2D eigenvalue weighted by atomic mass is 32.1.